The van der Waals surface area contributed by atoms with Gasteiger partial charge in [-0.2, -0.15) is 0 Å². The first kappa shape index (κ1) is 75.8. The molecule has 0 aliphatic carbocycles. The number of allylic oxidation sites excluding steroid dienone is 28. The van der Waals surface area contributed by atoms with Crippen LogP contribution in [0.3, 0.4) is 0 Å². The van der Waals surface area contributed by atoms with Gasteiger partial charge in [0.2, 0.25) is 0 Å². The molecule has 0 bridgehead atoms. The van der Waals surface area contributed by atoms with Crippen molar-refractivity contribution in [1.82, 2.24) is 0 Å². The van der Waals surface area contributed by atoms with Gasteiger partial charge >= 0.3 is 17.9 Å². The average molecular weight is 1120 g/mol. The van der Waals surface area contributed by atoms with Crippen LogP contribution >= 0.6 is 0 Å². The van der Waals surface area contributed by atoms with E-state index in [4.69, 9.17) is 14.2 Å². The molecular weight excluding hydrogens is 997 g/mol. The van der Waals surface area contributed by atoms with Crippen molar-refractivity contribution >= 4 is 17.9 Å². The van der Waals surface area contributed by atoms with E-state index < -0.39 is 6.10 Å². The molecular formula is C75H118O6. The zero-order valence-corrected chi connectivity index (χ0v) is 52.0. The highest BCUT2D eigenvalue weighted by Crippen LogP contribution is 2.15. The predicted octanol–water partition coefficient (Wildman–Crippen LogP) is 22.7. The molecule has 0 aliphatic heterocycles. The van der Waals surface area contributed by atoms with Crippen molar-refractivity contribution in [3.8, 4) is 0 Å². The molecule has 1 unspecified atom stereocenters. The number of unbranched alkanes of at least 4 members (excludes halogenated alkanes) is 18. The van der Waals surface area contributed by atoms with Crippen LogP contribution in [0.5, 0.6) is 0 Å². The van der Waals surface area contributed by atoms with E-state index >= 15 is 0 Å². The van der Waals surface area contributed by atoms with Gasteiger partial charge in [-0.05, 0) is 148 Å². The summed E-state index contributed by atoms with van der Waals surface area (Å²) >= 11 is 0. The van der Waals surface area contributed by atoms with Crippen molar-refractivity contribution < 1.29 is 28.6 Å². The predicted molar refractivity (Wildman–Crippen MR) is 352 cm³/mol. The van der Waals surface area contributed by atoms with Crippen LogP contribution in [0.1, 0.15) is 265 Å². The number of hydrogen-bond donors (Lipinski definition) is 0. The van der Waals surface area contributed by atoms with Crippen molar-refractivity contribution in [2.24, 2.45) is 0 Å². The lowest BCUT2D eigenvalue weighted by Crippen LogP contribution is -2.30. The molecule has 0 rings (SSSR count). The fourth-order valence-corrected chi connectivity index (χ4v) is 8.43. The molecule has 0 aromatic carbocycles. The van der Waals surface area contributed by atoms with Gasteiger partial charge in [-0.3, -0.25) is 14.4 Å². The maximum absolute atomic E-state index is 12.9. The molecule has 0 amide bonds. The Morgan fingerprint density at radius 2 is 0.444 bits per heavy atom. The van der Waals surface area contributed by atoms with Gasteiger partial charge in [-0.1, -0.05) is 268 Å². The smallest absolute Gasteiger partial charge is 0.306 e. The molecule has 0 aromatic rings. The van der Waals surface area contributed by atoms with E-state index in [-0.39, 0.29) is 37.5 Å². The Bertz CT molecular complexity index is 1860. The molecule has 0 aromatic heterocycles. The molecule has 0 fully saturated rings. The first-order valence-electron chi connectivity index (χ1n) is 32.6. The van der Waals surface area contributed by atoms with E-state index in [2.05, 4.69) is 191 Å². The topological polar surface area (TPSA) is 78.9 Å². The minimum Gasteiger partial charge on any atom is -0.462 e. The lowest BCUT2D eigenvalue weighted by atomic mass is 10.1. The standard InChI is InChI=1S/C75H118O6/c1-4-7-10-13-16-19-22-25-28-31-34-36-37-39-41-44-47-50-53-56-59-62-65-68-74(77)80-71-72(70-79-73(76)67-64-61-58-55-52-49-46-43-40-33-30-27-24-21-18-15-12-9-6-3)81-75(78)69-66-63-60-57-54-51-48-45-42-38-35-32-29-26-23-20-17-14-11-8-5-2/h7-12,16-21,25-30,34-36,38,40,43,45,48,54,57,72H,4-6,13-15,22-24,31-33,37,39,41-42,44,46-47,49-53,55-56,58-71H2,1-3H3/b10-7-,11-8-,12-9-,19-16-,20-17-,21-18-,28-25-,29-26-,30-27-,36-34-,38-35-,43-40-,48-45-,57-54-. The Morgan fingerprint density at radius 3 is 0.716 bits per heavy atom. The lowest BCUT2D eigenvalue weighted by Gasteiger charge is -2.18. The van der Waals surface area contributed by atoms with E-state index in [1.165, 1.54) is 64.2 Å². The maximum Gasteiger partial charge on any atom is 0.306 e. The second-order valence-corrected chi connectivity index (χ2v) is 20.9. The lowest BCUT2D eigenvalue weighted by molar-refractivity contribution is -0.167. The number of hydrogen-bond acceptors (Lipinski definition) is 6. The Balaban J connectivity index is 4.52. The van der Waals surface area contributed by atoms with Crippen molar-refractivity contribution in [3.63, 3.8) is 0 Å². The molecule has 0 saturated carbocycles. The third-order valence-electron chi connectivity index (χ3n) is 13.2. The van der Waals surface area contributed by atoms with Crippen molar-refractivity contribution in [2.45, 2.75) is 271 Å². The summed E-state index contributed by atoms with van der Waals surface area (Å²) in [5.41, 5.74) is 0. The molecule has 0 heterocycles. The molecule has 1 atom stereocenters. The van der Waals surface area contributed by atoms with Crippen LogP contribution < -0.4 is 0 Å². The molecule has 81 heavy (non-hydrogen) atoms. The van der Waals surface area contributed by atoms with Crippen LogP contribution in [0.4, 0.5) is 0 Å². The van der Waals surface area contributed by atoms with Crippen molar-refractivity contribution in [2.75, 3.05) is 13.2 Å². The summed E-state index contributed by atoms with van der Waals surface area (Å²) in [5, 5.41) is 0. The molecule has 0 N–H and O–H groups in total. The van der Waals surface area contributed by atoms with Gasteiger partial charge in [0, 0.05) is 19.3 Å². The van der Waals surface area contributed by atoms with Gasteiger partial charge < -0.3 is 14.2 Å². The first-order chi connectivity index (χ1) is 40.0. The Kier molecular flexibility index (Phi) is 62.9. The second kappa shape index (κ2) is 67.3. The third-order valence-corrected chi connectivity index (χ3v) is 13.2. The average Bonchev–Trinajstić information content (AvgIpc) is 3.47. The van der Waals surface area contributed by atoms with Gasteiger partial charge in [0.25, 0.3) is 0 Å². The molecule has 0 spiro atoms. The highest BCUT2D eigenvalue weighted by Gasteiger charge is 2.19. The minimum absolute atomic E-state index is 0.110. The van der Waals surface area contributed by atoms with E-state index in [0.29, 0.717) is 19.3 Å². The van der Waals surface area contributed by atoms with Gasteiger partial charge in [0.05, 0.1) is 0 Å². The van der Waals surface area contributed by atoms with E-state index in [9.17, 15) is 14.4 Å². The number of rotatable bonds is 57. The van der Waals surface area contributed by atoms with Crippen LogP contribution in [-0.4, -0.2) is 37.2 Å². The summed E-state index contributed by atoms with van der Waals surface area (Å²) in [6.45, 7) is 6.25. The quantitative estimate of drug-likeness (QED) is 0.0261. The van der Waals surface area contributed by atoms with Crippen LogP contribution in [0.25, 0.3) is 0 Å². The normalized spacial score (nSPS) is 13.3. The molecule has 0 saturated heterocycles. The summed E-state index contributed by atoms with van der Waals surface area (Å²) in [6, 6.07) is 0. The first-order valence-corrected chi connectivity index (χ1v) is 32.6. The third kappa shape index (κ3) is 65.5. The largest absolute Gasteiger partial charge is 0.462 e. The van der Waals surface area contributed by atoms with Gasteiger partial charge in [-0.15, -0.1) is 0 Å². The monoisotopic (exact) mass is 1110 g/mol. The van der Waals surface area contributed by atoms with Gasteiger partial charge in [0.1, 0.15) is 13.2 Å². The van der Waals surface area contributed by atoms with Crippen LogP contribution in [0.2, 0.25) is 0 Å². The summed E-state index contributed by atoms with van der Waals surface area (Å²) < 4.78 is 16.9. The van der Waals surface area contributed by atoms with Gasteiger partial charge in [0.15, 0.2) is 6.10 Å². The zero-order chi connectivity index (χ0) is 58.5. The Hall–Kier alpha value is -5.23. The summed E-state index contributed by atoms with van der Waals surface area (Å²) in [7, 11) is 0. The number of esters is 3. The fraction of sp³-hybridized carbons (Fsp3) is 0.587. The molecule has 454 valence electrons. The van der Waals surface area contributed by atoms with E-state index in [0.717, 1.165) is 154 Å². The SMILES string of the molecule is CC/C=C\C/C=C\C/C=C\C/C=C\C/C=C\C/C=C\CCCCC(=O)OC(COC(=O)CCCCCCCC/C=C\C/C=C\C/C=C\C/C=C\CC)COC(=O)CCCCCCCCCCCC/C=C\C/C=C\C/C=C\C/C=C\CC. The molecule has 6 nitrogen and oxygen atoms in total. The number of ether oxygens (including phenoxy) is 3. The Morgan fingerprint density at radius 1 is 0.247 bits per heavy atom. The van der Waals surface area contributed by atoms with Gasteiger partial charge in [-0.25, -0.2) is 0 Å². The van der Waals surface area contributed by atoms with Crippen molar-refractivity contribution in [3.05, 3.63) is 170 Å². The molecule has 6 heteroatoms. The summed E-state index contributed by atoms with van der Waals surface area (Å²) in [5.74, 6) is -0.975. The van der Waals surface area contributed by atoms with Crippen molar-refractivity contribution in [1.29, 1.82) is 0 Å². The number of carbonyl (C=O) groups is 3. The minimum atomic E-state index is -0.821. The Labute approximate surface area is 498 Å². The fourth-order valence-electron chi connectivity index (χ4n) is 8.43. The highest BCUT2D eigenvalue weighted by molar-refractivity contribution is 5.71. The van der Waals surface area contributed by atoms with Crippen LogP contribution in [0.15, 0.2) is 170 Å². The summed E-state index contributed by atoms with van der Waals surface area (Å²) in [6.07, 6.45) is 99.2. The van der Waals surface area contributed by atoms with E-state index in [1.54, 1.807) is 0 Å². The highest BCUT2D eigenvalue weighted by atomic mass is 16.6. The molecule has 0 radical (unpaired) electrons. The maximum atomic E-state index is 12.9. The van der Waals surface area contributed by atoms with E-state index in [1.807, 2.05) is 0 Å². The zero-order valence-electron chi connectivity index (χ0n) is 52.0. The molecule has 0 aliphatic rings. The second-order valence-electron chi connectivity index (χ2n) is 20.9. The summed E-state index contributed by atoms with van der Waals surface area (Å²) in [4.78, 5) is 38.4. The van der Waals surface area contributed by atoms with Crippen LogP contribution in [0, 0.1) is 0 Å². The number of carbonyl (C=O) groups excluding carboxylic acids is 3. The van der Waals surface area contributed by atoms with Crippen LogP contribution in [-0.2, 0) is 28.6 Å².